The van der Waals surface area contributed by atoms with Crippen LogP contribution in [0.1, 0.15) is 36.7 Å². The Hall–Kier alpha value is -3.30. The fourth-order valence-corrected chi connectivity index (χ4v) is 1.84. The van der Waals surface area contributed by atoms with Crippen molar-refractivity contribution in [3.8, 4) is 18.2 Å². The van der Waals surface area contributed by atoms with Crippen molar-refractivity contribution >= 4 is 11.6 Å². The van der Waals surface area contributed by atoms with Gasteiger partial charge >= 0.3 is 0 Å². The highest BCUT2D eigenvalue weighted by Gasteiger charge is 2.18. The van der Waals surface area contributed by atoms with Crippen LogP contribution < -0.4 is 10.6 Å². The van der Waals surface area contributed by atoms with E-state index in [1.165, 1.54) is 0 Å². The van der Waals surface area contributed by atoms with Gasteiger partial charge in [0.15, 0.2) is 5.57 Å². The molecule has 6 nitrogen and oxygen atoms in total. The van der Waals surface area contributed by atoms with Crippen molar-refractivity contribution in [3.05, 3.63) is 40.6 Å². The van der Waals surface area contributed by atoms with E-state index in [0.717, 1.165) is 0 Å². The summed E-state index contributed by atoms with van der Waals surface area (Å²) in [5.41, 5.74) is 0.739. The minimum absolute atomic E-state index is 0.147. The molecule has 6 heteroatoms. The Morgan fingerprint density at radius 3 is 2.17 bits per heavy atom. The smallest absolute Gasteiger partial charge is 0.252 e. The van der Waals surface area contributed by atoms with Crippen molar-refractivity contribution in [2.24, 2.45) is 0 Å². The minimum Gasteiger partial charge on any atom is -0.347 e. The van der Waals surface area contributed by atoms with Crippen LogP contribution in [0.3, 0.4) is 0 Å². The van der Waals surface area contributed by atoms with E-state index in [4.69, 9.17) is 15.8 Å². The number of allylic oxidation sites excluding steroid dienone is 2. The van der Waals surface area contributed by atoms with Crippen molar-refractivity contribution in [1.82, 2.24) is 5.32 Å². The van der Waals surface area contributed by atoms with Gasteiger partial charge in [-0.3, -0.25) is 4.79 Å². The van der Waals surface area contributed by atoms with Crippen molar-refractivity contribution in [1.29, 1.82) is 15.8 Å². The summed E-state index contributed by atoms with van der Waals surface area (Å²) in [5, 5.41) is 32.4. The first-order valence-electron chi connectivity index (χ1n) is 6.87. The first-order chi connectivity index (χ1) is 10.7. The van der Waals surface area contributed by atoms with Crippen LogP contribution in [0.15, 0.2) is 29.5 Å². The largest absolute Gasteiger partial charge is 0.347 e. The lowest BCUT2D eigenvalue weighted by Crippen LogP contribution is -2.40. The molecule has 0 fully saturated rings. The summed E-state index contributed by atoms with van der Waals surface area (Å²) >= 11 is 0. The lowest BCUT2D eigenvalue weighted by Gasteiger charge is -2.21. The molecule has 0 aliphatic rings. The van der Waals surface area contributed by atoms with E-state index < -0.39 is 0 Å². The normalized spacial score (nSPS) is 9.78. The summed E-state index contributed by atoms with van der Waals surface area (Å²) < 4.78 is 0. The van der Waals surface area contributed by atoms with Gasteiger partial charge in [-0.15, -0.1) is 0 Å². The van der Waals surface area contributed by atoms with Gasteiger partial charge in [0.1, 0.15) is 23.9 Å². The first-order valence-corrected chi connectivity index (χ1v) is 6.87. The van der Waals surface area contributed by atoms with Gasteiger partial charge in [-0.05, 0) is 45.4 Å². The monoisotopic (exact) mass is 307 g/mol. The molecule has 0 saturated heterocycles. The summed E-state index contributed by atoms with van der Waals surface area (Å²) in [6, 6.07) is 10.1. The third-order valence-electron chi connectivity index (χ3n) is 2.91. The van der Waals surface area contributed by atoms with E-state index in [2.05, 4.69) is 10.6 Å². The number of anilines is 1. The average Bonchev–Trinajstić information content (AvgIpc) is 2.47. The number of carbonyl (C=O) groups excluding carboxylic acids is 1. The Kier molecular flexibility index (Phi) is 5.49. The van der Waals surface area contributed by atoms with E-state index in [9.17, 15) is 4.79 Å². The van der Waals surface area contributed by atoms with E-state index in [1.807, 2.05) is 20.8 Å². The molecule has 0 atom stereocenters. The van der Waals surface area contributed by atoms with Crippen LogP contribution in [-0.4, -0.2) is 11.4 Å². The summed E-state index contributed by atoms with van der Waals surface area (Å²) in [6.45, 7) is 7.37. The second-order valence-electron chi connectivity index (χ2n) is 5.89. The van der Waals surface area contributed by atoms with E-state index >= 15 is 0 Å². The van der Waals surface area contributed by atoms with E-state index in [0.29, 0.717) is 16.8 Å². The zero-order valence-corrected chi connectivity index (χ0v) is 13.5. The standard InChI is InChI=1S/C17H17N5O/c1-11-13(16(23)22-17(2,3)4)6-5-7-14(11)21-15(10-20)12(8-18)9-19/h5-7,21H,1-4H3,(H,22,23). The van der Waals surface area contributed by atoms with Crippen molar-refractivity contribution < 1.29 is 4.79 Å². The topological polar surface area (TPSA) is 112 Å². The molecule has 0 bridgehead atoms. The van der Waals surface area contributed by atoms with Gasteiger partial charge in [-0.1, -0.05) is 6.07 Å². The second-order valence-corrected chi connectivity index (χ2v) is 5.89. The Bertz CT molecular complexity index is 763. The fraction of sp³-hybridized carbons (Fsp3) is 0.294. The predicted molar refractivity (Wildman–Crippen MR) is 85.9 cm³/mol. The Labute approximate surface area is 135 Å². The average molecular weight is 307 g/mol. The lowest BCUT2D eigenvalue weighted by molar-refractivity contribution is 0.0919. The Morgan fingerprint density at radius 2 is 1.70 bits per heavy atom. The third-order valence-corrected chi connectivity index (χ3v) is 2.91. The molecule has 1 aromatic carbocycles. The van der Waals surface area contributed by atoms with Gasteiger partial charge < -0.3 is 10.6 Å². The second kappa shape index (κ2) is 7.11. The molecule has 2 N–H and O–H groups in total. The number of benzene rings is 1. The molecule has 0 heterocycles. The maximum absolute atomic E-state index is 12.3. The molecule has 0 aromatic heterocycles. The fourth-order valence-electron chi connectivity index (χ4n) is 1.84. The zero-order valence-electron chi connectivity index (χ0n) is 13.5. The predicted octanol–water partition coefficient (Wildman–Crippen LogP) is 2.76. The molecule has 116 valence electrons. The molecule has 0 unspecified atom stereocenters. The molecule has 1 aromatic rings. The van der Waals surface area contributed by atoms with Crippen LogP contribution in [0.5, 0.6) is 0 Å². The molecule has 0 aliphatic heterocycles. The van der Waals surface area contributed by atoms with E-state index in [1.54, 1.807) is 43.3 Å². The number of amides is 1. The molecule has 0 saturated carbocycles. The first kappa shape index (κ1) is 17.8. The van der Waals surface area contributed by atoms with Crippen LogP contribution in [0.25, 0.3) is 0 Å². The number of nitrogens with zero attached hydrogens (tertiary/aromatic N) is 3. The van der Waals surface area contributed by atoms with E-state index in [-0.39, 0.29) is 22.7 Å². The Balaban J connectivity index is 3.24. The maximum Gasteiger partial charge on any atom is 0.252 e. The third kappa shape index (κ3) is 4.59. The van der Waals surface area contributed by atoms with Gasteiger partial charge in [-0.2, -0.15) is 15.8 Å². The maximum atomic E-state index is 12.3. The lowest BCUT2D eigenvalue weighted by atomic mass is 10.0. The highest BCUT2D eigenvalue weighted by molar-refractivity contribution is 5.97. The zero-order chi connectivity index (χ0) is 17.6. The summed E-state index contributed by atoms with van der Waals surface area (Å²) in [6.07, 6.45) is 0. The van der Waals surface area contributed by atoms with Gasteiger partial charge in [-0.25, -0.2) is 0 Å². The van der Waals surface area contributed by atoms with Crippen molar-refractivity contribution in [3.63, 3.8) is 0 Å². The summed E-state index contributed by atoms with van der Waals surface area (Å²) in [7, 11) is 0. The van der Waals surface area contributed by atoms with Crippen molar-refractivity contribution in [2.75, 3.05) is 5.32 Å². The summed E-state index contributed by atoms with van der Waals surface area (Å²) in [5.74, 6) is -0.234. The highest BCUT2D eigenvalue weighted by atomic mass is 16.1. The number of carbonyl (C=O) groups is 1. The number of hydrogen-bond acceptors (Lipinski definition) is 5. The van der Waals surface area contributed by atoms with Crippen LogP contribution >= 0.6 is 0 Å². The minimum atomic E-state index is -0.376. The van der Waals surface area contributed by atoms with Gasteiger partial charge in [0, 0.05) is 16.8 Å². The van der Waals surface area contributed by atoms with Gasteiger partial charge in [0.25, 0.3) is 5.91 Å². The quantitative estimate of drug-likeness (QED) is 0.834. The Morgan fingerprint density at radius 1 is 1.09 bits per heavy atom. The van der Waals surface area contributed by atoms with Crippen LogP contribution in [0, 0.1) is 40.9 Å². The molecular formula is C17H17N5O. The van der Waals surface area contributed by atoms with Crippen LogP contribution in [0.4, 0.5) is 5.69 Å². The van der Waals surface area contributed by atoms with Crippen LogP contribution in [-0.2, 0) is 0 Å². The number of nitriles is 3. The highest BCUT2D eigenvalue weighted by Crippen LogP contribution is 2.22. The van der Waals surface area contributed by atoms with Gasteiger partial charge in [0.2, 0.25) is 0 Å². The molecule has 23 heavy (non-hydrogen) atoms. The van der Waals surface area contributed by atoms with Crippen molar-refractivity contribution in [2.45, 2.75) is 33.2 Å². The molecular weight excluding hydrogens is 290 g/mol. The number of hydrogen-bond donors (Lipinski definition) is 2. The van der Waals surface area contributed by atoms with Gasteiger partial charge in [0.05, 0.1) is 0 Å². The number of nitrogens with one attached hydrogen (secondary N) is 2. The molecule has 0 radical (unpaired) electrons. The SMILES string of the molecule is Cc1c(NC(C#N)=C(C#N)C#N)cccc1C(=O)NC(C)(C)C. The molecule has 1 rings (SSSR count). The summed E-state index contributed by atoms with van der Waals surface area (Å²) in [4.78, 5) is 12.3. The van der Waals surface area contributed by atoms with Crippen LogP contribution in [0.2, 0.25) is 0 Å². The molecule has 1 amide bonds. The molecule has 0 spiro atoms. The number of rotatable bonds is 3. The molecule has 0 aliphatic carbocycles.